The fourth-order valence-corrected chi connectivity index (χ4v) is 3.81. The lowest BCUT2D eigenvalue weighted by atomic mass is 9.96. The second-order valence-electron chi connectivity index (χ2n) is 7.33. The normalized spacial score (nSPS) is 19.8. The molecule has 1 aliphatic heterocycles. The van der Waals surface area contributed by atoms with Gasteiger partial charge in [0.1, 0.15) is 5.82 Å². The van der Waals surface area contributed by atoms with E-state index in [0.29, 0.717) is 11.9 Å². The van der Waals surface area contributed by atoms with Crippen molar-refractivity contribution < 1.29 is 4.79 Å². The van der Waals surface area contributed by atoms with Gasteiger partial charge in [0.25, 0.3) is 0 Å². The van der Waals surface area contributed by atoms with E-state index in [2.05, 4.69) is 45.6 Å². The first-order valence-corrected chi connectivity index (χ1v) is 8.99. The van der Waals surface area contributed by atoms with Crippen LogP contribution in [0, 0.1) is 19.8 Å². The first-order chi connectivity index (χ1) is 11.6. The van der Waals surface area contributed by atoms with E-state index in [-0.39, 0.29) is 5.92 Å². The molecule has 4 nitrogen and oxygen atoms in total. The molecule has 2 aromatic rings. The number of hydrogen-bond donors (Lipinski definition) is 0. The number of aromatic nitrogens is 2. The fraction of sp³-hybridized carbons (Fsp3) is 0.500. The Morgan fingerprint density at radius 2 is 2.12 bits per heavy atom. The molecule has 0 saturated heterocycles. The zero-order valence-corrected chi connectivity index (χ0v) is 14.5. The van der Waals surface area contributed by atoms with Gasteiger partial charge in [0.05, 0.1) is 5.92 Å². The molecule has 2 aliphatic rings. The monoisotopic (exact) mass is 323 g/mol. The summed E-state index contributed by atoms with van der Waals surface area (Å²) in [6.45, 7) is 5.67. The fourth-order valence-electron chi connectivity index (χ4n) is 3.81. The van der Waals surface area contributed by atoms with Crippen LogP contribution < -0.4 is 0 Å². The summed E-state index contributed by atoms with van der Waals surface area (Å²) in [5, 5.41) is 0. The topological polar surface area (TPSA) is 38.1 Å². The summed E-state index contributed by atoms with van der Waals surface area (Å²) in [7, 11) is 0. The number of aryl methyl sites for hydroxylation is 3. The van der Waals surface area contributed by atoms with Crippen LogP contribution in [0.25, 0.3) is 0 Å². The van der Waals surface area contributed by atoms with Crippen LogP contribution in [-0.4, -0.2) is 26.4 Å². The van der Waals surface area contributed by atoms with E-state index in [1.165, 1.54) is 16.8 Å². The van der Waals surface area contributed by atoms with Crippen molar-refractivity contribution in [3.05, 3.63) is 53.1 Å². The minimum absolute atomic E-state index is 0.0933. The van der Waals surface area contributed by atoms with Gasteiger partial charge in [0.15, 0.2) is 0 Å². The quantitative estimate of drug-likeness (QED) is 0.866. The van der Waals surface area contributed by atoms with Crippen LogP contribution >= 0.6 is 0 Å². The van der Waals surface area contributed by atoms with Crippen molar-refractivity contribution in [2.45, 2.75) is 58.7 Å². The van der Waals surface area contributed by atoms with Gasteiger partial charge in [-0.1, -0.05) is 29.8 Å². The summed E-state index contributed by atoms with van der Waals surface area (Å²) >= 11 is 0. The van der Waals surface area contributed by atoms with Crippen molar-refractivity contribution in [2.75, 3.05) is 0 Å². The molecule has 2 heterocycles. The van der Waals surface area contributed by atoms with Gasteiger partial charge in [-0.2, -0.15) is 0 Å². The summed E-state index contributed by atoms with van der Waals surface area (Å²) in [5.74, 6) is 1.45. The molecule has 1 atom stereocenters. The number of nitrogens with zero attached hydrogens (tertiary/aromatic N) is 3. The van der Waals surface area contributed by atoms with E-state index in [0.717, 1.165) is 44.6 Å². The highest BCUT2D eigenvalue weighted by atomic mass is 16.2. The van der Waals surface area contributed by atoms with Crippen LogP contribution in [0.4, 0.5) is 0 Å². The van der Waals surface area contributed by atoms with E-state index in [4.69, 9.17) is 0 Å². The molecule has 1 unspecified atom stereocenters. The highest BCUT2D eigenvalue weighted by molar-refractivity contribution is 5.79. The highest BCUT2D eigenvalue weighted by Gasteiger charge is 2.37. The van der Waals surface area contributed by atoms with Gasteiger partial charge in [0, 0.05) is 31.0 Å². The van der Waals surface area contributed by atoms with Crippen LogP contribution in [0.15, 0.2) is 30.5 Å². The van der Waals surface area contributed by atoms with E-state index in [1.807, 2.05) is 13.1 Å². The molecule has 1 amide bonds. The summed E-state index contributed by atoms with van der Waals surface area (Å²) in [4.78, 5) is 19.7. The lowest BCUT2D eigenvalue weighted by Gasteiger charge is -2.31. The first kappa shape index (κ1) is 15.4. The van der Waals surface area contributed by atoms with E-state index in [1.54, 1.807) is 0 Å². The smallest absolute Gasteiger partial charge is 0.228 e. The number of carbonyl (C=O) groups is 1. The second-order valence-corrected chi connectivity index (χ2v) is 7.33. The minimum Gasteiger partial charge on any atom is -0.335 e. The van der Waals surface area contributed by atoms with Crippen molar-refractivity contribution in [3.8, 4) is 0 Å². The van der Waals surface area contributed by atoms with Gasteiger partial charge in [-0.15, -0.1) is 0 Å². The molecule has 0 N–H and O–H groups in total. The Morgan fingerprint density at radius 3 is 2.88 bits per heavy atom. The lowest BCUT2D eigenvalue weighted by molar-refractivity contribution is -0.137. The first-order valence-electron chi connectivity index (χ1n) is 8.99. The standard InChI is InChI=1S/C20H25N3O/c1-14-4-3-5-16(10-14)12-23(18-8-9-18)20(24)17-6-7-19-11-21-15(2)22(19)13-17/h3-5,10-11,17-18H,6-9,12-13H2,1-2H3. The minimum atomic E-state index is 0.0933. The SMILES string of the molecule is Cc1cccc(CN(C(=O)C2CCc3cnc(C)n3C2)C2CC2)c1. The zero-order valence-electron chi connectivity index (χ0n) is 14.5. The van der Waals surface area contributed by atoms with E-state index >= 15 is 0 Å². The molecular weight excluding hydrogens is 298 g/mol. The molecule has 1 aromatic carbocycles. The van der Waals surface area contributed by atoms with Crippen LogP contribution in [0.1, 0.15) is 41.9 Å². The molecule has 4 rings (SSSR count). The average molecular weight is 323 g/mol. The Hall–Kier alpha value is -2.10. The molecule has 1 fully saturated rings. The van der Waals surface area contributed by atoms with Crippen LogP contribution in [-0.2, 0) is 24.3 Å². The predicted molar refractivity (Wildman–Crippen MR) is 93.5 cm³/mol. The van der Waals surface area contributed by atoms with Crippen molar-refractivity contribution in [2.24, 2.45) is 5.92 Å². The Morgan fingerprint density at radius 1 is 1.29 bits per heavy atom. The third-order valence-corrected chi connectivity index (χ3v) is 5.34. The number of hydrogen-bond acceptors (Lipinski definition) is 2. The van der Waals surface area contributed by atoms with Gasteiger partial charge in [-0.25, -0.2) is 4.98 Å². The van der Waals surface area contributed by atoms with Gasteiger partial charge in [0.2, 0.25) is 5.91 Å². The Balaban J connectivity index is 1.52. The van der Waals surface area contributed by atoms with Crippen molar-refractivity contribution in [3.63, 3.8) is 0 Å². The summed E-state index contributed by atoms with van der Waals surface area (Å²) < 4.78 is 2.23. The molecule has 1 aliphatic carbocycles. The summed E-state index contributed by atoms with van der Waals surface area (Å²) in [6.07, 6.45) is 6.17. The molecule has 0 spiro atoms. The number of benzene rings is 1. The predicted octanol–water partition coefficient (Wildman–Crippen LogP) is 3.25. The van der Waals surface area contributed by atoms with Crippen LogP contribution in [0.2, 0.25) is 0 Å². The number of amides is 1. The molecule has 0 bridgehead atoms. The molecule has 1 saturated carbocycles. The number of rotatable bonds is 4. The summed E-state index contributed by atoms with van der Waals surface area (Å²) in [6, 6.07) is 8.97. The largest absolute Gasteiger partial charge is 0.335 e. The molecule has 126 valence electrons. The van der Waals surface area contributed by atoms with Crippen molar-refractivity contribution >= 4 is 5.91 Å². The third kappa shape index (κ3) is 2.97. The summed E-state index contributed by atoms with van der Waals surface area (Å²) in [5.41, 5.74) is 3.77. The molecule has 1 aromatic heterocycles. The Kier molecular flexibility index (Phi) is 3.91. The zero-order chi connectivity index (χ0) is 16.7. The van der Waals surface area contributed by atoms with Gasteiger partial charge >= 0.3 is 0 Å². The van der Waals surface area contributed by atoms with Gasteiger partial charge in [-0.3, -0.25) is 4.79 Å². The molecular formula is C20H25N3O. The number of carbonyl (C=O) groups excluding carboxylic acids is 1. The molecule has 24 heavy (non-hydrogen) atoms. The maximum Gasteiger partial charge on any atom is 0.228 e. The molecule has 0 radical (unpaired) electrons. The number of fused-ring (bicyclic) bond motifs is 1. The maximum atomic E-state index is 13.2. The van der Waals surface area contributed by atoms with Crippen LogP contribution in [0.3, 0.4) is 0 Å². The van der Waals surface area contributed by atoms with Gasteiger partial charge in [-0.05, 0) is 45.1 Å². The highest BCUT2D eigenvalue weighted by Crippen LogP contribution is 2.32. The van der Waals surface area contributed by atoms with Gasteiger partial charge < -0.3 is 9.47 Å². The average Bonchev–Trinajstić information content (AvgIpc) is 3.36. The third-order valence-electron chi connectivity index (χ3n) is 5.34. The van der Waals surface area contributed by atoms with E-state index in [9.17, 15) is 4.79 Å². The molecule has 4 heteroatoms. The maximum absolute atomic E-state index is 13.2. The lowest BCUT2D eigenvalue weighted by Crippen LogP contribution is -2.40. The van der Waals surface area contributed by atoms with Crippen molar-refractivity contribution in [1.29, 1.82) is 0 Å². The van der Waals surface area contributed by atoms with Crippen molar-refractivity contribution in [1.82, 2.24) is 14.5 Å². The Labute approximate surface area is 143 Å². The van der Waals surface area contributed by atoms with Crippen LogP contribution in [0.5, 0.6) is 0 Å². The Bertz CT molecular complexity index is 760. The number of imidazole rings is 1. The second kappa shape index (κ2) is 6.08. The van der Waals surface area contributed by atoms with E-state index < -0.39 is 0 Å².